The first-order valence-electron chi connectivity index (χ1n) is 10.2. The molecule has 2 aromatic rings. The number of ether oxygens (including phenoxy) is 1. The summed E-state index contributed by atoms with van der Waals surface area (Å²) in [5.74, 6) is 0.974. The van der Waals surface area contributed by atoms with Crippen molar-refractivity contribution in [1.29, 1.82) is 0 Å². The molecule has 5 nitrogen and oxygen atoms in total. The summed E-state index contributed by atoms with van der Waals surface area (Å²) in [5, 5.41) is 0. The molecule has 152 valence electrons. The zero-order valence-electron chi connectivity index (χ0n) is 17.6. The van der Waals surface area contributed by atoms with Crippen LogP contribution >= 0.6 is 0 Å². The van der Waals surface area contributed by atoms with E-state index in [1.54, 1.807) is 7.11 Å². The van der Waals surface area contributed by atoms with E-state index in [2.05, 4.69) is 76.2 Å². The molecule has 0 N–H and O–H groups in total. The van der Waals surface area contributed by atoms with E-state index in [-0.39, 0.29) is 0 Å². The minimum absolute atomic E-state index is 0.974. The van der Waals surface area contributed by atoms with Crippen molar-refractivity contribution in [1.82, 2.24) is 9.80 Å². The first kappa shape index (κ1) is 20.5. The quantitative estimate of drug-likeness (QED) is 0.812. The van der Waals surface area contributed by atoms with Crippen molar-refractivity contribution in [2.75, 3.05) is 83.4 Å². The second-order valence-electron chi connectivity index (χ2n) is 7.59. The highest BCUT2D eigenvalue weighted by molar-refractivity contribution is 5.58. The third-order valence-corrected chi connectivity index (χ3v) is 5.55. The van der Waals surface area contributed by atoms with E-state index in [0.717, 1.165) is 45.0 Å². The smallest absolute Gasteiger partial charge is 0.142 e. The fourth-order valence-corrected chi connectivity index (χ4v) is 3.64. The molecule has 0 spiro atoms. The van der Waals surface area contributed by atoms with Gasteiger partial charge in [-0.1, -0.05) is 30.3 Å². The third kappa shape index (κ3) is 5.63. The van der Waals surface area contributed by atoms with Crippen LogP contribution in [0, 0.1) is 0 Å². The predicted octanol–water partition coefficient (Wildman–Crippen LogP) is 2.89. The van der Waals surface area contributed by atoms with E-state index in [1.165, 1.54) is 24.5 Å². The lowest BCUT2D eigenvalue weighted by molar-refractivity contribution is 0.311. The van der Waals surface area contributed by atoms with Gasteiger partial charge in [-0.2, -0.15) is 0 Å². The van der Waals surface area contributed by atoms with E-state index in [0.29, 0.717) is 0 Å². The molecule has 0 aliphatic carbocycles. The van der Waals surface area contributed by atoms with Gasteiger partial charge in [-0.25, -0.2) is 0 Å². The van der Waals surface area contributed by atoms with Gasteiger partial charge >= 0.3 is 0 Å². The Morgan fingerprint density at radius 2 is 1.11 bits per heavy atom. The molecule has 0 amide bonds. The van der Waals surface area contributed by atoms with Crippen molar-refractivity contribution >= 4 is 11.4 Å². The number of hydrogen-bond acceptors (Lipinski definition) is 5. The van der Waals surface area contributed by atoms with Gasteiger partial charge in [0.1, 0.15) is 5.75 Å². The van der Waals surface area contributed by atoms with E-state index in [4.69, 9.17) is 4.74 Å². The molecular weight excluding hydrogens is 348 g/mol. The van der Waals surface area contributed by atoms with Crippen LogP contribution in [0.4, 0.5) is 11.4 Å². The monoisotopic (exact) mass is 382 g/mol. The average molecular weight is 383 g/mol. The average Bonchev–Trinajstić information content (AvgIpc) is 2.76. The van der Waals surface area contributed by atoms with Crippen LogP contribution in [0.25, 0.3) is 0 Å². The molecule has 2 heterocycles. The maximum Gasteiger partial charge on any atom is 0.142 e. The van der Waals surface area contributed by atoms with Crippen molar-refractivity contribution in [3.63, 3.8) is 0 Å². The Bertz CT molecular complexity index is 693. The molecule has 0 atom stereocenters. The first-order chi connectivity index (χ1) is 13.7. The summed E-state index contributed by atoms with van der Waals surface area (Å²) in [6.45, 7) is 9.06. The molecule has 0 unspecified atom stereocenters. The largest absolute Gasteiger partial charge is 0.495 e. The van der Waals surface area contributed by atoms with Crippen molar-refractivity contribution in [2.24, 2.45) is 0 Å². The number of methoxy groups -OCH3 is 1. The molecular formula is C23H34N4O. The Morgan fingerprint density at radius 3 is 1.68 bits per heavy atom. The molecule has 2 aliphatic rings. The molecule has 0 radical (unpaired) electrons. The molecule has 5 heteroatoms. The van der Waals surface area contributed by atoms with Crippen molar-refractivity contribution in [3.05, 3.63) is 54.6 Å². The number of para-hydroxylation sites is 3. The lowest BCUT2D eigenvalue weighted by Gasteiger charge is -2.34. The maximum absolute atomic E-state index is 5.37. The molecule has 28 heavy (non-hydrogen) atoms. The molecule has 4 rings (SSSR count). The summed E-state index contributed by atoms with van der Waals surface area (Å²) >= 11 is 0. The molecule has 2 aromatic carbocycles. The molecule has 2 saturated heterocycles. The van der Waals surface area contributed by atoms with Gasteiger partial charge in [0.05, 0.1) is 12.8 Å². The highest BCUT2D eigenvalue weighted by Gasteiger charge is 2.16. The van der Waals surface area contributed by atoms with Crippen molar-refractivity contribution in [3.8, 4) is 5.75 Å². The van der Waals surface area contributed by atoms with Gasteiger partial charge in [0.2, 0.25) is 0 Å². The van der Waals surface area contributed by atoms with Crippen LogP contribution in [0.5, 0.6) is 5.75 Å². The third-order valence-electron chi connectivity index (χ3n) is 5.55. The minimum Gasteiger partial charge on any atom is -0.495 e. The highest BCUT2D eigenvalue weighted by Crippen LogP contribution is 2.28. The minimum atomic E-state index is 0.974. The number of rotatable bonds is 3. The Hall–Kier alpha value is -2.24. The van der Waals surface area contributed by atoms with Gasteiger partial charge in [0, 0.05) is 58.0 Å². The number of benzene rings is 2. The van der Waals surface area contributed by atoms with E-state index < -0.39 is 0 Å². The fraction of sp³-hybridized carbons (Fsp3) is 0.478. The van der Waals surface area contributed by atoms with Gasteiger partial charge < -0.3 is 24.3 Å². The van der Waals surface area contributed by atoms with Crippen LogP contribution in [-0.4, -0.2) is 83.4 Å². The summed E-state index contributed by atoms with van der Waals surface area (Å²) in [5.41, 5.74) is 2.57. The fourth-order valence-electron chi connectivity index (χ4n) is 3.64. The SMILES string of the molecule is CN1CCN(c2ccccc2)CC1.COc1ccccc1N1CCN(C)CC1. The lowest BCUT2D eigenvalue weighted by Crippen LogP contribution is -2.44. The van der Waals surface area contributed by atoms with Crippen LogP contribution in [0.15, 0.2) is 54.6 Å². The Labute approximate surface area is 170 Å². The van der Waals surface area contributed by atoms with E-state index in [9.17, 15) is 0 Å². The highest BCUT2D eigenvalue weighted by atomic mass is 16.5. The molecule has 0 aromatic heterocycles. The number of piperazine rings is 2. The van der Waals surface area contributed by atoms with Gasteiger partial charge in [0.15, 0.2) is 0 Å². The van der Waals surface area contributed by atoms with Crippen LogP contribution in [0.2, 0.25) is 0 Å². The zero-order valence-corrected chi connectivity index (χ0v) is 17.6. The molecule has 0 saturated carbocycles. The van der Waals surface area contributed by atoms with Gasteiger partial charge in [-0.15, -0.1) is 0 Å². The number of nitrogens with zero attached hydrogens (tertiary/aromatic N) is 4. The summed E-state index contributed by atoms with van der Waals surface area (Å²) < 4.78 is 5.37. The van der Waals surface area contributed by atoms with E-state index >= 15 is 0 Å². The first-order valence-corrected chi connectivity index (χ1v) is 10.2. The molecule has 0 bridgehead atoms. The Morgan fingerprint density at radius 1 is 0.607 bits per heavy atom. The normalized spacial score (nSPS) is 18.4. The Kier molecular flexibility index (Phi) is 7.57. The maximum atomic E-state index is 5.37. The van der Waals surface area contributed by atoms with Crippen molar-refractivity contribution < 1.29 is 4.74 Å². The summed E-state index contributed by atoms with van der Waals surface area (Å²) in [6, 6.07) is 18.9. The van der Waals surface area contributed by atoms with Crippen LogP contribution in [0.3, 0.4) is 0 Å². The molecule has 2 aliphatic heterocycles. The van der Waals surface area contributed by atoms with Gasteiger partial charge in [-0.3, -0.25) is 0 Å². The summed E-state index contributed by atoms with van der Waals surface area (Å²) in [4.78, 5) is 9.56. The lowest BCUT2D eigenvalue weighted by atomic mass is 10.2. The van der Waals surface area contributed by atoms with Crippen LogP contribution in [0.1, 0.15) is 0 Å². The zero-order chi connectivity index (χ0) is 19.8. The van der Waals surface area contributed by atoms with Crippen LogP contribution < -0.4 is 14.5 Å². The van der Waals surface area contributed by atoms with Gasteiger partial charge in [0.25, 0.3) is 0 Å². The second-order valence-corrected chi connectivity index (χ2v) is 7.59. The standard InChI is InChI=1S/C12H18N2O.C11H16N2/c1-13-7-9-14(10-8-13)11-5-3-4-6-12(11)15-2;1-12-7-9-13(10-8-12)11-5-3-2-4-6-11/h3-6H,7-10H2,1-2H3;2-6H,7-10H2,1H3. The number of likely N-dealkylation sites (N-methyl/N-ethyl adjacent to an activating group) is 2. The Balaban J connectivity index is 0.000000162. The predicted molar refractivity (Wildman–Crippen MR) is 119 cm³/mol. The number of hydrogen-bond donors (Lipinski definition) is 0. The topological polar surface area (TPSA) is 22.2 Å². The molecule has 2 fully saturated rings. The van der Waals surface area contributed by atoms with Crippen LogP contribution in [-0.2, 0) is 0 Å². The van der Waals surface area contributed by atoms with Crippen molar-refractivity contribution in [2.45, 2.75) is 0 Å². The summed E-state index contributed by atoms with van der Waals surface area (Å²) in [6.07, 6.45) is 0. The number of anilines is 2. The second kappa shape index (κ2) is 10.3. The van der Waals surface area contributed by atoms with Gasteiger partial charge in [-0.05, 0) is 38.4 Å². The summed E-state index contributed by atoms with van der Waals surface area (Å²) in [7, 11) is 6.08. The van der Waals surface area contributed by atoms with E-state index in [1.807, 2.05) is 12.1 Å².